The second-order valence-corrected chi connectivity index (χ2v) is 10.6. The molecule has 0 spiro atoms. The van der Waals surface area contributed by atoms with E-state index in [1.54, 1.807) is 13.0 Å². The molecule has 5 rings (SSSR count). The number of hydrogen-bond donors (Lipinski definition) is 2. The van der Waals surface area contributed by atoms with Crippen LogP contribution in [0.3, 0.4) is 0 Å². The van der Waals surface area contributed by atoms with Gasteiger partial charge in [-0.1, -0.05) is 30.3 Å². The smallest absolute Gasteiger partial charge is 0.325 e. The molecule has 1 aromatic heterocycles. The fourth-order valence-electron chi connectivity index (χ4n) is 5.71. The average molecular weight is 574 g/mol. The van der Waals surface area contributed by atoms with E-state index in [2.05, 4.69) is 10.6 Å². The van der Waals surface area contributed by atoms with E-state index >= 15 is 0 Å². The Morgan fingerprint density at radius 1 is 1.00 bits per heavy atom. The van der Waals surface area contributed by atoms with Crippen LogP contribution in [0.2, 0.25) is 0 Å². The van der Waals surface area contributed by atoms with E-state index in [1.807, 2.05) is 34.9 Å². The third-order valence-corrected chi connectivity index (χ3v) is 7.62. The highest BCUT2D eigenvalue weighted by Gasteiger charge is 2.30. The molecule has 1 aliphatic carbocycles. The van der Waals surface area contributed by atoms with Gasteiger partial charge in [0.15, 0.2) is 0 Å². The lowest BCUT2D eigenvalue weighted by Crippen LogP contribution is -2.43. The van der Waals surface area contributed by atoms with Crippen molar-refractivity contribution in [2.75, 3.05) is 11.9 Å². The molecular weight excluding hydrogens is 540 g/mol. The normalized spacial score (nSPS) is 15.1. The molecule has 4 aromatic rings. The van der Waals surface area contributed by atoms with Crippen LogP contribution in [0.4, 0.5) is 14.5 Å². The summed E-state index contributed by atoms with van der Waals surface area (Å²) in [4.78, 5) is 38.9. The summed E-state index contributed by atoms with van der Waals surface area (Å²) >= 11 is 0. The standard InChI is InChI=1S/C33H33F2N3O4/c1-2-42-32(40)20-38-29-14-10-24(35)18-27(29)28-19-26(13-15-30(28)38)37-33(41)22(16-21-6-4-3-5-7-21)17-31(39)36-25-11-8-23(34)9-12-25/h3-12,14,18,22,26H,2,13,15-17,19-20H2,1H3,(H,36,39)(H,37,41)/t22?,26-/m0/s1. The molecule has 0 radical (unpaired) electrons. The molecular formula is C33H33F2N3O4. The minimum atomic E-state index is -0.642. The van der Waals surface area contributed by atoms with Gasteiger partial charge in [-0.15, -0.1) is 0 Å². The van der Waals surface area contributed by atoms with Crippen molar-refractivity contribution >= 4 is 34.4 Å². The number of carbonyl (C=O) groups is 3. The molecule has 42 heavy (non-hydrogen) atoms. The molecule has 2 amide bonds. The van der Waals surface area contributed by atoms with Crippen LogP contribution in [-0.2, 0) is 44.9 Å². The largest absolute Gasteiger partial charge is 0.465 e. The number of benzene rings is 3. The van der Waals surface area contributed by atoms with Crippen molar-refractivity contribution < 1.29 is 27.9 Å². The number of rotatable bonds is 10. The van der Waals surface area contributed by atoms with Crippen LogP contribution in [0.1, 0.15) is 36.6 Å². The molecule has 1 aliphatic rings. The van der Waals surface area contributed by atoms with E-state index in [0.29, 0.717) is 36.8 Å². The number of nitrogens with zero attached hydrogens (tertiary/aromatic N) is 1. The van der Waals surface area contributed by atoms with Crippen LogP contribution < -0.4 is 10.6 Å². The summed E-state index contributed by atoms with van der Waals surface area (Å²) in [6.45, 7) is 2.06. The number of fused-ring (bicyclic) bond motifs is 3. The summed E-state index contributed by atoms with van der Waals surface area (Å²) in [6.07, 6.45) is 1.99. The number of hydrogen-bond acceptors (Lipinski definition) is 4. The van der Waals surface area contributed by atoms with E-state index in [4.69, 9.17) is 4.74 Å². The predicted octanol–water partition coefficient (Wildman–Crippen LogP) is 5.34. The summed E-state index contributed by atoms with van der Waals surface area (Å²) in [5, 5.41) is 6.61. The number of aromatic nitrogens is 1. The number of carbonyl (C=O) groups excluding carboxylic acids is 3. The average Bonchev–Trinajstić information content (AvgIpc) is 3.26. The van der Waals surface area contributed by atoms with Crippen LogP contribution in [0, 0.1) is 17.6 Å². The highest BCUT2D eigenvalue weighted by atomic mass is 19.1. The molecule has 2 atom stereocenters. The molecule has 7 nitrogen and oxygen atoms in total. The van der Waals surface area contributed by atoms with Gasteiger partial charge in [-0.25, -0.2) is 8.78 Å². The molecule has 0 saturated carbocycles. The van der Waals surface area contributed by atoms with Crippen molar-refractivity contribution in [3.8, 4) is 0 Å². The van der Waals surface area contributed by atoms with Crippen molar-refractivity contribution in [3.05, 3.63) is 101 Å². The predicted molar refractivity (Wildman–Crippen MR) is 156 cm³/mol. The Balaban J connectivity index is 1.34. The van der Waals surface area contributed by atoms with Gasteiger partial charge >= 0.3 is 5.97 Å². The van der Waals surface area contributed by atoms with Crippen LogP contribution in [0.15, 0.2) is 72.8 Å². The zero-order valence-electron chi connectivity index (χ0n) is 23.4. The fourth-order valence-corrected chi connectivity index (χ4v) is 5.71. The molecule has 1 unspecified atom stereocenters. The topological polar surface area (TPSA) is 89.4 Å². The summed E-state index contributed by atoms with van der Waals surface area (Å²) < 4.78 is 34.6. The van der Waals surface area contributed by atoms with Gasteiger partial charge in [-0.05, 0) is 86.2 Å². The van der Waals surface area contributed by atoms with Crippen molar-refractivity contribution in [3.63, 3.8) is 0 Å². The maximum Gasteiger partial charge on any atom is 0.325 e. The second kappa shape index (κ2) is 13.0. The van der Waals surface area contributed by atoms with Gasteiger partial charge in [0.25, 0.3) is 0 Å². The van der Waals surface area contributed by atoms with E-state index in [-0.39, 0.29) is 49.2 Å². The van der Waals surface area contributed by atoms with Crippen molar-refractivity contribution in [2.45, 2.75) is 51.6 Å². The Morgan fingerprint density at radius 2 is 1.74 bits per heavy atom. The summed E-state index contributed by atoms with van der Waals surface area (Å²) in [6, 6.07) is 19.2. The molecule has 2 N–H and O–H groups in total. The van der Waals surface area contributed by atoms with E-state index in [1.165, 1.54) is 36.4 Å². The zero-order chi connectivity index (χ0) is 29.6. The Morgan fingerprint density at radius 3 is 2.48 bits per heavy atom. The highest BCUT2D eigenvalue weighted by molar-refractivity contribution is 5.94. The van der Waals surface area contributed by atoms with Gasteiger partial charge in [0, 0.05) is 34.7 Å². The molecule has 0 saturated heterocycles. The van der Waals surface area contributed by atoms with Crippen LogP contribution in [-0.4, -0.2) is 35.0 Å². The van der Waals surface area contributed by atoms with Crippen molar-refractivity contribution in [2.24, 2.45) is 5.92 Å². The Kier molecular flexibility index (Phi) is 8.95. The molecule has 9 heteroatoms. The third kappa shape index (κ3) is 6.84. The summed E-state index contributed by atoms with van der Waals surface area (Å²) in [5.41, 5.74) is 3.97. The Bertz CT molecular complexity index is 1580. The quantitative estimate of drug-likeness (QED) is 0.251. The first kappa shape index (κ1) is 29.0. The fraction of sp³-hybridized carbons (Fsp3) is 0.303. The number of halogens is 2. The zero-order valence-corrected chi connectivity index (χ0v) is 23.4. The van der Waals surface area contributed by atoms with Crippen LogP contribution in [0.25, 0.3) is 10.9 Å². The lowest BCUT2D eigenvalue weighted by molar-refractivity contribution is -0.143. The highest BCUT2D eigenvalue weighted by Crippen LogP contribution is 2.33. The molecule has 0 bridgehead atoms. The van der Waals surface area contributed by atoms with E-state index < -0.39 is 11.7 Å². The van der Waals surface area contributed by atoms with Crippen molar-refractivity contribution in [1.29, 1.82) is 0 Å². The van der Waals surface area contributed by atoms with Crippen LogP contribution in [0.5, 0.6) is 0 Å². The molecule has 3 aromatic carbocycles. The number of esters is 1. The number of amides is 2. The second-order valence-electron chi connectivity index (χ2n) is 10.6. The van der Waals surface area contributed by atoms with E-state index in [0.717, 1.165) is 22.3 Å². The van der Waals surface area contributed by atoms with Crippen molar-refractivity contribution in [1.82, 2.24) is 9.88 Å². The lowest BCUT2D eigenvalue weighted by atomic mass is 9.89. The molecule has 218 valence electrons. The maximum absolute atomic E-state index is 14.3. The summed E-state index contributed by atoms with van der Waals surface area (Å²) in [7, 11) is 0. The number of ether oxygens (including phenoxy) is 1. The number of anilines is 1. The molecule has 0 aliphatic heterocycles. The van der Waals surface area contributed by atoms with Gasteiger partial charge < -0.3 is 19.9 Å². The molecule has 1 heterocycles. The summed E-state index contributed by atoms with van der Waals surface area (Å²) in [5.74, 6) is -2.38. The van der Waals surface area contributed by atoms with Gasteiger partial charge in [0.05, 0.1) is 12.5 Å². The minimum absolute atomic E-state index is 0.0324. The van der Waals surface area contributed by atoms with Gasteiger partial charge in [-0.2, -0.15) is 0 Å². The lowest BCUT2D eigenvalue weighted by Gasteiger charge is -2.27. The first-order valence-electron chi connectivity index (χ1n) is 14.2. The van der Waals surface area contributed by atoms with Gasteiger partial charge in [0.1, 0.15) is 18.2 Å². The van der Waals surface area contributed by atoms with Crippen LogP contribution >= 0.6 is 0 Å². The van der Waals surface area contributed by atoms with E-state index in [9.17, 15) is 23.2 Å². The Labute approximate surface area is 242 Å². The van der Waals surface area contributed by atoms with Gasteiger partial charge in [0.2, 0.25) is 11.8 Å². The minimum Gasteiger partial charge on any atom is -0.465 e. The first-order valence-corrected chi connectivity index (χ1v) is 14.2. The third-order valence-electron chi connectivity index (χ3n) is 7.62. The Hall–Kier alpha value is -4.53. The first-order chi connectivity index (χ1) is 20.3. The monoisotopic (exact) mass is 573 g/mol. The van der Waals surface area contributed by atoms with Gasteiger partial charge in [-0.3, -0.25) is 14.4 Å². The maximum atomic E-state index is 14.3. The molecule has 0 fully saturated rings. The SMILES string of the molecule is CCOC(=O)Cn1c2c(c3cc(F)ccc31)C[C@@H](NC(=O)C(CC(=O)Nc1ccc(F)cc1)Cc1ccccc1)CC2. The number of nitrogens with one attached hydrogen (secondary N) is 2.